The molecule has 1 aromatic rings. The number of hydrogen-bond donors (Lipinski definition) is 1. The van der Waals surface area contributed by atoms with Gasteiger partial charge in [0.05, 0.1) is 11.5 Å². The molecule has 0 heterocycles. The first kappa shape index (κ1) is 10.8. The zero-order chi connectivity index (χ0) is 11.1. The standard InChI is InChI=1S/C11H10BrFO2/c12-7-1-2-10(13)8(5-7)9(6-14)11(15)3-4-11/h1-2,5-6,9,15H,3-4H2. The quantitative estimate of drug-likeness (QED) is 0.858. The molecule has 0 amide bonds. The highest BCUT2D eigenvalue weighted by atomic mass is 79.9. The molecule has 1 aliphatic rings. The van der Waals surface area contributed by atoms with Crippen molar-refractivity contribution in [3.63, 3.8) is 0 Å². The number of carbonyl (C=O) groups excluding carboxylic acids is 1. The molecule has 0 bridgehead atoms. The van der Waals surface area contributed by atoms with Crippen molar-refractivity contribution in [1.82, 2.24) is 0 Å². The Kier molecular flexibility index (Phi) is 2.64. The second kappa shape index (κ2) is 3.68. The van der Waals surface area contributed by atoms with Crippen LogP contribution in [0, 0.1) is 5.82 Å². The van der Waals surface area contributed by atoms with Gasteiger partial charge in [-0.3, -0.25) is 0 Å². The molecule has 1 N–H and O–H groups in total. The van der Waals surface area contributed by atoms with Crippen LogP contribution in [0.25, 0.3) is 0 Å². The summed E-state index contributed by atoms with van der Waals surface area (Å²) < 4.78 is 14.2. The molecule has 80 valence electrons. The smallest absolute Gasteiger partial charge is 0.130 e. The summed E-state index contributed by atoms with van der Waals surface area (Å²) >= 11 is 3.22. The molecule has 1 atom stereocenters. The molecule has 1 aliphatic carbocycles. The van der Waals surface area contributed by atoms with Crippen LogP contribution in [0.1, 0.15) is 24.3 Å². The van der Waals surface area contributed by atoms with E-state index in [2.05, 4.69) is 15.9 Å². The summed E-state index contributed by atoms with van der Waals surface area (Å²) in [7, 11) is 0. The maximum atomic E-state index is 13.5. The topological polar surface area (TPSA) is 37.3 Å². The van der Waals surface area contributed by atoms with Crippen molar-refractivity contribution in [2.75, 3.05) is 0 Å². The normalized spacial score (nSPS) is 19.7. The third kappa shape index (κ3) is 1.96. The molecule has 1 fully saturated rings. The molecule has 15 heavy (non-hydrogen) atoms. The maximum absolute atomic E-state index is 13.5. The first-order chi connectivity index (χ1) is 7.07. The minimum absolute atomic E-state index is 0.263. The molecule has 1 aromatic carbocycles. The third-order valence-corrected chi connectivity index (χ3v) is 3.26. The highest BCUT2D eigenvalue weighted by Gasteiger charge is 2.49. The lowest BCUT2D eigenvalue weighted by molar-refractivity contribution is -0.111. The molecule has 1 saturated carbocycles. The molecule has 0 spiro atoms. The van der Waals surface area contributed by atoms with Gasteiger partial charge in [0, 0.05) is 10.0 Å². The number of carbonyl (C=O) groups is 1. The van der Waals surface area contributed by atoms with Gasteiger partial charge in [0.2, 0.25) is 0 Å². The van der Waals surface area contributed by atoms with Crippen molar-refractivity contribution >= 4 is 22.2 Å². The van der Waals surface area contributed by atoms with Gasteiger partial charge in [0.25, 0.3) is 0 Å². The van der Waals surface area contributed by atoms with E-state index >= 15 is 0 Å². The number of hydrogen-bond acceptors (Lipinski definition) is 2. The number of benzene rings is 1. The van der Waals surface area contributed by atoms with E-state index in [9.17, 15) is 14.3 Å². The monoisotopic (exact) mass is 272 g/mol. The van der Waals surface area contributed by atoms with Crippen molar-refractivity contribution in [3.05, 3.63) is 34.1 Å². The Morgan fingerprint density at radius 1 is 1.53 bits per heavy atom. The van der Waals surface area contributed by atoms with Crippen LogP contribution in [-0.2, 0) is 4.79 Å². The zero-order valence-electron chi connectivity index (χ0n) is 7.91. The van der Waals surface area contributed by atoms with Gasteiger partial charge >= 0.3 is 0 Å². The van der Waals surface area contributed by atoms with Crippen molar-refractivity contribution in [2.45, 2.75) is 24.4 Å². The summed E-state index contributed by atoms with van der Waals surface area (Å²) in [5, 5.41) is 9.84. The lowest BCUT2D eigenvalue weighted by atomic mass is 9.92. The lowest BCUT2D eigenvalue weighted by Gasteiger charge is -2.17. The minimum Gasteiger partial charge on any atom is -0.389 e. The van der Waals surface area contributed by atoms with E-state index in [1.54, 1.807) is 12.1 Å². The van der Waals surface area contributed by atoms with E-state index in [-0.39, 0.29) is 5.56 Å². The van der Waals surface area contributed by atoms with E-state index in [1.807, 2.05) is 0 Å². The van der Waals surface area contributed by atoms with Crippen molar-refractivity contribution in [2.24, 2.45) is 0 Å². The summed E-state index contributed by atoms with van der Waals surface area (Å²) in [5.74, 6) is -1.20. The van der Waals surface area contributed by atoms with Crippen LogP contribution in [0.3, 0.4) is 0 Å². The Bertz CT molecular complexity index is 402. The first-order valence-electron chi connectivity index (χ1n) is 4.69. The van der Waals surface area contributed by atoms with E-state index in [4.69, 9.17) is 0 Å². The second-order valence-corrected chi connectivity index (χ2v) is 4.80. The molecule has 0 radical (unpaired) electrons. The van der Waals surface area contributed by atoms with Crippen LogP contribution >= 0.6 is 15.9 Å². The molecule has 4 heteroatoms. The summed E-state index contributed by atoms with van der Waals surface area (Å²) in [6.07, 6.45) is 1.74. The largest absolute Gasteiger partial charge is 0.389 e. The average Bonchev–Trinajstić information content (AvgIpc) is 2.92. The summed E-state index contributed by atoms with van der Waals surface area (Å²) in [5.41, 5.74) is -0.761. The molecule has 2 nitrogen and oxygen atoms in total. The summed E-state index contributed by atoms with van der Waals surface area (Å²) in [4.78, 5) is 10.9. The first-order valence-corrected chi connectivity index (χ1v) is 5.49. The number of rotatable bonds is 3. The number of aldehydes is 1. The molecular weight excluding hydrogens is 263 g/mol. The molecule has 1 unspecified atom stereocenters. The minimum atomic E-state index is -1.02. The highest BCUT2D eigenvalue weighted by molar-refractivity contribution is 9.10. The Hall–Kier alpha value is -0.740. The lowest BCUT2D eigenvalue weighted by Crippen LogP contribution is -2.22. The van der Waals surface area contributed by atoms with Crippen molar-refractivity contribution in [3.8, 4) is 0 Å². The molecule has 0 aliphatic heterocycles. The van der Waals surface area contributed by atoms with Gasteiger partial charge in [-0.1, -0.05) is 15.9 Å². The van der Waals surface area contributed by atoms with E-state index in [0.29, 0.717) is 23.6 Å². The van der Waals surface area contributed by atoms with Gasteiger partial charge in [-0.25, -0.2) is 4.39 Å². The summed E-state index contributed by atoms with van der Waals surface area (Å²) in [6.45, 7) is 0. The van der Waals surface area contributed by atoms with Crippen LogP contribution in [0.2, 0.25) is 0 Å². The Morgan fingerprint density at radius 3 is 2.73 bits per heavy atom. The van der Waals surface area contributed by atoms with Crippen LogP contribution in [0.4, 0.5) is 4.39 Å². The van der Waals surface area contributed by atoms with Crippen LogP contribution < -0.4 is 0 Å². The maximum Gasteiger partial charge on any atom is 0.130 e. The summed E-state index contributed by atoms with van der Waals surface area (Å²) in [6, 6.07) is 4.41. The van der Waals surface area contributed by atoms with Crippen LogP contribution in [0.15, 0.2) is 22.7 Å². The highest BCUT2D eigenvalue weighted by Crippen LogP contribution is 2.47. The Labute approximate surface area is 95.2 Å². The van der Waals surface area contributed by atoms with Gasteiger partial charge in [0.15, 0.2) is 0 Å². The average molecular weight is 273 g/mol. The Morgan fingerprint density at radius 2 is 2.20 bits per heavy atom. The van der Waals surface area contributed by atoms with Crippen molar-refractivity contribution in [1.29, 1.82) is 0 Å². The predicted molar refractivity (Wildman–Crippen MR) is 57.1 cm³/mol. The van der Waals surface area contributed by atoms with Gasteiger partial charge in [-0.05, 0) is 31.0 Å². The van der Waals surface area contributed by atoms with Gasteiger partial charge in [-0.15, -0.1) is 0 Å². The van der Waals surface area contributed by atoms with E-state index in [1.165, 1.54) is 6.07 Å². The van der Waals surface area contributed by atoms with E-state index < -0.39 is 17.3 Å². The zero-order valence-corrected chi connectivity index (χ0v) is 9.50. The Balaban J connectivity index is 2.42. The second-order valence-electron chi connectivity index (χ2n) is 3.88. The van der Waals surface area contributed by atoms with E-state index in [0.717, 1.165) is 0 Å². The number of halogens is 2. The fourth-order valence-electron chi connectivity index (χ4n) is 1.68. The van der Waals surface area contributed by atoms with Crippen molar-refractivity contribution < 1.29 is 14.3 Å². The third-order valence-electron chi connectivity index (χ3n) is 2.77. The van der Waals surface area contributed by atoms with Crippen LogP contribution in [0.5, 0.6) is 0 Å². The van der Waals surface area contributed by atoms with Gasteiger partial charge in [-0.2, -0.15) is 0 Å². The molecular formula is C11H10BrFO2. The predicted octanol–water partition coefficient (Wildman–Crippen LogP) is 2.40. The molecule has 0 saturated heterocycles. The fourth-order valence-corrected chi connectivity index (χ4v) is 2.06. The molecule has 2 rings (SSSR count). The van der Waals surface area contributed by atoms with Crippen LogP contribution in [-0.4, -0.2) is 17.0 Å². The SMILES string of the molecule is O=CC(c1cc(Br)ccc1F)C1(O)CC1. The van der Waals surface area contributed by atoms with Gasteiger partial charge in [0.1, 0.15) is 12.1 Å². The van der Waals surface area contributed by atoms with Gasteiger partial charge < -0.3 is 9.90 Å². The molecule has 0 aromatic heterocycles. The fraction of sp³-hybridized carbons (Fsp3) is 0.364. The number of aliphatic hydroxyl groups is 1.